The van der Waals surface area contributed by atoms with Gasteiger partial charge in [0.25, 0.3) is 0 Å². The first-order chi connectivity index (χ1) is 31.3. The molecule has 1 saturated heterocycles. The SMILES string of the molecule is O=C(CN1CCN(CC(=O)O[C@H]2CCc3ccccc32)CCN(CC(=O)O[C@H]2CCc3ccccc32)CCN(CC(=O)O[C@H]2CCc3ccccc32)CC1)O[C@H]1CCc2ccccc21. The van der Waals surface area contributed by atoms with Gasteiger partial charge in [-0.15, -0.1) is 0 Å². The summed E-state index contributed by atoms with van der Waals surface area (Å²) in [4.78, 5) is 63.1. The number of nitrogens with zero attached hydrogens (tertiary/aromatic N) is 4. The van der Waals surface area contributed by atoms with Crippen molar-refractivity contribution < 1.29 is 38.1 Å². The van der Waals surface area contributed by atoms with E-state index in [9.17, 15) is 19.2 Å². The van der Waals surface area contributed by atoms with Crippen molar-refractivity contribution >= 4 is 23.9 Å². The second-order valence-electron chi connectivity index (χ2n) is 18.0. The van der Waals surface area contributed by atoms with Crippen LogP contribution in [-0.2, 0) is 63.8 Å². The Balaban J connectivity index is 0.905. The molecule has 0 unspecified atom stereocenters. The third-order valence-electron chi connectivity index (χ3n) is 13.7. The standard InChI is InChI=1S/C52H60N4O8/c57-49(61-45-21-17-37-9-1-5-13-41(37)45)33-53-25-27-54(34-50(58)62-46-22-18-38-10-2-6-14-42(38)46)29-31-56(36-52(60)64-48-24-20-40-12-4-8-16-44(40)48)32-30-55(28-26-53)35-51(59)63-47-23-19-39-11-3-7-15-43(39)47/h1-16,45-48H,17-36H2/t45-,46-,47-,48-/m0/s1. The lowest BCUT2D eigenvalue weighted by Crippen LogP contribution is -2.49. The number of aryl methyl sites for hydroxylation is 4. The molecule has 1 fully saturated rings. The molecule has 1 heterocycles. The van der Waals surface area contributed by atoms with Crippen LogP contribution in [0.25, 0.3) is 0 Å². The largest absolute Gasteiger partial charge is 0.457 e. The molecule has 336 valence electrons. The molecule has 1 aliphatic heterocycles. The van der Waals surface area contributed by atoms with Gasteiger partial charge in [-0.3, -0.25) is 38.8 Å². The van der Waals surface area contributed by atoms with Gasteiger partial charge in [0.2, 0.25) is 0 Å². The van der Waals surface area contributed by atoms with Gasteiger partial charge in [0, 0.05) is 52.4 Å². The number of carbonyl (C=O) groups excluding carboxylic acids is 4. The zero-order valence-electron chi connectivity index (χ0n) is 36.7. The summed E-state index contributed by atoms with van der Waals surface area (Å²) in [6.07, 6.45) is 5.38. The molecule has 4 aliphatic carbocycles. The van der Waals surface area contributed by atoms with Gasteiger partial charge in [0.1, 0.15) is 24.4 Å². The van der Waals surface area contributed by atoms with E-state index in [0.29, 0.717) is 52.4 Å². The molecular weight excluding hydrogens is 809 g/mol. The lowest BCUT2D eigenvalue weighted by atomic mass is 10.1. The first-order valence-electron chi connectivity index (χ1n) is 23.3. The number of hydrogen-bond acceptors (Lipinski definition) is 12. The van der Waals surface area contributed by atoms with Crippen molar-refractivity contribution in [2.24, 2.45) is 0 Å². The number of rotatable bonds is 12. The molecule has 0 aromatic heterocycles. The van der Waals surface area contributed by atoms with Gasteiger partial charge in [0.05, 0.1) is 26.2 Å². The van der Waals surface area contributed by atoms with Crippen LogP contribution in [0, 0.1) is 0 Å². The van der Waals surface area contributed by atoms with E-state index in [4.69, 9.17) is 18.9 Å². The molecule has 4 aromatic carbocycles. The Bertz CT molecular complexity index is 1970. The minimum atomic E-state index is -0.305. The number of benzene rings is 4. The Kier molecular flexibility index (Phi) is 14.1. The number of carbonyl (C=O) groups is 4. The van der Waals surface area contributed by atoms with Crippen LogP contribution in [0.4, 0.5) is 0 Å². The first kappa shape index (κ1) is 43.8. The van der Waals surface area contributed by atoms with Gasteiger partial charge in [-0.25, -0.2) is 0 Å². The van der Waals surface area contributed by atoms with Gasteiger partial charge >= 0.3 is 23.9 Å². The Hall–Kier alpha value is -5.40. The molecule has 4 atom stereocenters. The molecule has 0 spiro atoms. The summed E-state index contributed by atoms with van der Waals surface area (Å²) in [6.45, 7) is 4.01. The van der Waals surface area contributed by atoms with Crippen molar-refractivity contribution in [2.75, 3.05) is 78.5 Å². The van der Waals surface area contributed by atoms with E-state index < -0.39 is 0 Å². The summed E-state index contributed by atoms with van der Waals surface area (Å²) in [5, 5.41) is 0. The molecule has 4 aromatic rings. The molecule has 0 saturated carbocycles. The Morgan fingerprint density at radius 2 is 0.547 bits per heavy atom. The van der Waals surface area contributed by atoms with Crippen LogP contribution in [0.1, 0.15) is 94.6 Å². The summed E-state index contributed by atoms with van der Waals surface area (Å²) < 4.78 is 24.5. The molecule has 0 bridgehead atoms. The number of esters is 4. The topological polar surface area (TPSA) is 118 Å². The van der Waals surface area contributed by atoms with E-state index in [1.54, 1.807) is 0 Å². The highest BCUT2D eigenvalue weighted by molar-refractivity contribution is 5.74. The van der Waals surface area contributed by atoms with Crippen LogP contribution in [-0.4, -0.2) is 122 Å². The predicted octanol–water partition coefficient (Wildman–Crippen LogP) is 6.13. The Morgan fingerprint density at radius 3 is 0.766 bits per heavy atom. The van der Waals surface area contributed by atoms with Gasteiger partial charge in [-0.2, -0.15) is 0 Å². The molecule has 0 N–H and O–H groups in total. The highest BCUT2D eigenvalue weighted by Crippen LogP contribution is 2.37. The summed E-state index contributed by atoms with van der Waals surface area (Å²) in [6, 6.07) is 32.5. The van der Waals surface area contributed by atoms with Gasteiger partial charge in [-0.1, -0.05) is 97.1 Å². The molecule has 0 amide bonds. The van der Waals surface area contributed by atoms with E-state index in [0.717, 1.165) is 73.6 Å². The molecule has 5 aliphatic rings. The molecule has 12 heteroatoms. The highest BCUT2D eigenvalue weighted by Gasteiger charge is 2.31. The fraction of sp³-hybridized carbons (Fsp3) is 0.462. The number of ether oxygens (including phenoxy) is 4. The van der Waals surface area contributed by atoms with E-state index in [-0.39, 0.29) is 74.5 Å². The molecular formula is C52H60N4O8. The second kappa shape index (κ2) is 20.6. The van der Waals surface area contributed by atoms with Crippen molar-refractivity contribution in [1.29, 1.82) is 0 Å². The first-order valence-corrected chi connectivity index (χ1v) is 23.3. The van der Waals surface area contributed by atoms with E-state index >= 15 is 0 Å². The van der Waals surface area contributed by atoms with Crippen molar-refractivity contribution in [2.45, 2.75) is 75.8 Å². The summed E-state index contributed by atoms with van der Waals surface area (Å²) in [5.74, 6) is -1.22. The Morgan fingerprint density at radius 1 is 0.344 bits per heavy atom. The van der Waals surface area contributed by atoms with Gasteiger partial charge in [-0.05, 0) is 95.9 Å². The highest BCUT2D eigenvalue weighted by atomic mass is 16.6. The second-order valence-corrected chi connectivity index (χ2v) is 18.0. The van der Waals surface area contributed by atoms with Crippen LogP contribution in [0.5, 0.6) is 0 Å². The lowest BCUT2D eigenvalue weighted by Gasteiger charge is -2.33. The summed E-state index contributed by atoms with van der Waals surface area (Å²) in [7, 11) is 0. The maximum Gasteiger partial charge on any atom is 0.320 e. The fourth-order valence-electron chi connectivity index (χ4n) is 10.3. The normalized spacial score (nSPS) is 22.9. The van der Waals surface area contributed by atoms with Crippen LogP contribution >= 0.6 is 0 Å². The predicted molar refractivity (Wildman–Crippen MR) is 240 cm³/mol. The minimum Gasteiger partial charge on any atom is -0.457 e. The van der Waals surface area contributed by atoms with E-state index in [1.165, 1.54) is 22.3 Å². The average molecular weight is 869 g/mol. The zero-order valence-corrected chi connectivity index (χ0v) is 36.7. The van der Waals surface area contributed by atoms with Gasteiger partial charge < -0.3 is 18.9 Å². The fourth-order valence-corrected chi connectivity index (χ4v) is 10.3. The number of fused-ring (bicyclic) bond motifs is 4. The van der Waals surface area contributed by atoms with Crippen LogP contribution < -0.4 is 0 Å². The summed E-state index contributed by atoms with van der Waals surface area (Å²) >= 11 is 0. The zero-order chi connectivity index (χ0) is 43.8. The van der Waals surface area contributed by atoms with Crippen LogP contribution in [0.2, 0.25) is 0 Å². The maximum atomic E-state index is 13.7. The maximum absolute atomic E-state index is 13.7. The Labute approximate surface area is 376 Å². The van der Waals surface area contributed by atoms with Crippen LogP contribution in [0.3, 0.4) is 0 Å². The molecule has 12 nitrogen and oxygen atoms in total. The molecule has 0 radical (unpaired) electrons. The molecule has 64 heavy (non-hydrogen) atoms. The number of hydrogen-bond donors (Lipinski definition) is 0. The third kappa shape index (κ3) is 10.9. The van der Waals surface area contributed by atoms with Crippen molar-refractivity contribution in [3.8, 4) is 0 Å². The van der Waals surface area contributed by atoms with Crippen LogP contribution in [0.15, 0.2) is 97.1 Å². The quantitative estimate of drug-likeness (QED) is 0.121. The van der Waals surface area contributed by atoms with E-state index in [2.05, 4.69) is 43.9 Å². The van der Waals surface area contributed by atoms with Crippen molar-refractivity contribution in [1.82, 2.24) is 19.6 Å². The van der Waals surface area contributed by atoms with Crippen molar-refractivity contribution in [3.63, 3.8) is 0 Å². The third-order valence-corrected chi connectivity index (χ3v) is 13.7. The van der Waals surface area contributed by atoms with Gasteiger partial charge in [0.15, 0.2) is 0 Å². The lowest BCUT2D eigenvalue weighted by molar-refractivity contribution is -0.153. The monoisotopic (exact) mass is 868 g/mol. The van der Waals surface area contributed by atoms with E-state index in [1.807, 2.05) is 72.8 Å². The average Bonchev–Trinajstić information content (AvgIpc) is 4.11. The molecule has 9 rings (SSSR count). The smallest absolute Gasteiger partial charge is 0.320 e. The summed E-state index contributed by atoms with van der Waals surface area (Å²) in [5.41, 5.74) is 9.11. The van der Waals surface area contributed by atoms with Crippen molar-refractivity contribution in [3.05, 3.63) is 142 Å². The minimum absolute atomic E-state index is 0.0647.